The van der Waals surface area contributed by atoms with Gasteiger partial charge in [0, 0.05) is 12.1 Å². The molecule has 4 heteroatoms. The first-order chi connectivity index (χ1) is 11.2. The monoisotopic (exact) mass is 313 g/mol. The van der Waals surface area contributed by atoms with Crippen molar-refractivity contribution in [3.63, 3.8) is 0 Å². The number of likely N-dealkylation sites (N-methyl/N-ethyl adjacent to an activating group) is 1. The van der Waals surface area contributed by atoms with Crippen molar-refractivity contribution in [1.82, 2.24) is 4.90 Å². The van der Waals surface area contributed by atoms with Gasteiger partial charge in [-0.2, -0.15) is 0 Å². The van der Waals surface area contributed by atoms with Crippen LogP contribution in [0.2, 0.25) is 0 Å². The first-order valence-corrected chi connectivity index (χ1v) is 7.99. The summed E-state index contributed by atoms with van der Waals surface area (Å²) in [6.07, 6.45) is 0. The van der Waals surface area contributed by atoms with Gasteiger partial charge in [-0.15, -0.1) is 0 Å². The molecular weight excluding hydrogens is 290 g/mol. The van der Waals surface area contributed by atoms with Crippen molar-refractivity contribution in [1.29, 1.82) is 0 Å². The standard InChI is InChI=1S/C19H23NO3/c1-3-20-13-14-23-19(21,16-9-11-17(22-2)12-10-16)18(20)15-7-5-4-6-8-15/h4-12,18,21H,3,13-14H2,1-2H3. The maximum atomic E-state index is 11.4. The van der Waals surface area contributed by atoms with E-state index in [-0.39, 0.29) is 6.04 Å². The summed E-state index contributed by atoms with van der Waals surface area (Å²) in [5.74, 6) is -0.612. The fraction of sp³-hybridized carbons (Fsp3) is 0.368. The number of benzene rings is 2. The first-order valence-electron chi connectivity index (χ1n) is 7.99. The Labute approximate surface area is 137 Å². The van der Waals surface area contributed by atoms with Gasteiger partial charge in [-0.3, -0.25) is 4.90 Å². The Morgan fingerprint density at radius 3 is 2.48 bits per heavy atom. The highest BCUT2D eigenvalue weighted by Gasteiger charge is 2.46. The number of rotatable bonds is 4. The summed E-state index contributed by atoms with van der Waals surface area (Å²) in [6, 6.07) is 17.2. The first kappa shape index (κ1) is 16.0. The van der Waals surface area contributed by atoms with Gasteiger partial charge in [0.2, 0.25) is 5.79 Å². The predicted octanol–water partition coefficient (Wildman–Crippen LogP) is 2.93. The molecule has 1 aliphatic rings. The Balaban J connectivity index is 2.04. The quantitative estimate of drug-likeness (QED) is 0.942. The molecule has 2 aromatic carbocycles. The van der Waals surface area contributed by atoms with Crippen LogP contribution in [0.3, 0.4) is 0 Å². The predicted molar refractivity (Wildman–Crippen MR) is 89.3 cm³/mol. The van der Waals surface area contributed by atoms with E-state index in [0.29, 0.717) is 6.61 Å². The van der Waals surface area contributed by atoms with Crippen molar-refractivity contribution in [2.24, 2.45) is 0 Å². The van der Waals surface area contributed by atoms with Crippen LogP contribution in [0.25, 0.3) is 0 Å². The van der Waals surface area contributed by atoms with Crippen LogP contribution in [0.15, 0.2) is 54.6 Å². The van der Waals surface area contributed by atoms with E-state index in [1.807, 2.05) is 54.6 Å². The van der Waals surface area contributed by atoms with Crippen LogP contribution in [-0.4, -0.2) is 36.8 Å². The van der Waals surface area contributed by atoms with Crippen molar-refractivity contribution < 1.29 is 14.6 Å². The molecule has 1 fully saturated rings. The van der Waals surface area contributed by atoms with E-state index in [2.05, 4.69) is 11.8 Å². The number of methoxy groups -OCH3 is 1. The van der Waals surface area contributed by atoms with Gasteiger partial charge in [0.05, 0.1) is 19.8 Å². The van der Waals surface area contributed by atoms with Gasteiger partial charge in [0.25, 0.3) is 0 Å². The lowest BCUT2D eigenvalue weighted by atomic mass is 9.89. The summed E-state index contributed by atoms with van der Waals surface area (Å²) < 4.78 is 11.1. The molecule has 0 spiro atoms. The van der Waals surface area contributed by atoms with E-state index in [4.69, 9.17) is 9.47 Å². The highest BCUT2D eigenvalue weighted by Crippen LogP contribution is 2.43. The highest BCUT2D eigenvalue weighted by atomic mass is 16.6. The Morgan fingerprint density at radius 2 is 1.87 bits per heavy atom. The zero-order chi connectivity index (χ0) is 16.3. The van der Waals surface area contributed by atoms with E-state index >= 15 is 0 Å². The van der Waals surface area contributed by atoms with Crippen LogP contribution in [0.5, 0.6) is 5.75 Å². The smallest absolute Gasteiger partial charge is 0.212 e. The summed E-state index contributed by atoms with van der Waals surface area (Å²) in [4.78, 5) is 2.25. The second-order valence-corrected chi connectivity index (χ2v) is 5.72. The number of aliphatic hydroxyl groups is 1. The maximum absolute atomic E-state index is 11.4. The molecule has 4 nitrogen and oxygen atoms in total. The second kappa shape index (κ2) is 6.71. The van der Waals surface area contributed by atoms with Crippen molar-refractivity contribution in [3.8, 4) is 5.75 Å². The van der Waals surface area contributed by atoms with Crippen LogP contribution in [0.4, 0.5) is 0 Å². The molecule has 23 heavy (non-hydrogen) atoms. The third kappa shape index (κ3) is 2.98. The Bertz CT molecular complexity index is 629. The number of ether oxygens (including phenoxy) is 2. The zero-order valence-corrected chi connectivity index (χ0v) is 13.6. The largest absolute Gasteiger partial charge is 0.497 e. The molecule has 2 atom stereocenters. The van der Waals surface area contributed by atoms with Gasteiger partial charge in [-0.1, -0.05) is 37.3 Å². The molecule has 3 rings (SSSR count). The number of nitrogens with zero attached hydrogens (tertiary/aromatic N) is 1. The average molecular weight is 313 g/mol. The summed E-state index contributed by atoms with van der Waals surface area (Å²) in [5.41, 5.74) is 1.79. The summed E-state index contributed by atoms with van der Waals surface area (Å²) >= 11 is 0. The van der Waals surface area contributed by atoms with Gasteiger partial charge < -0.3 is 14.6 Å². The Kier molecular flexibility index (Phi) is 4.66. The van der Waals surface area contributed by atoms with Crippen LogP contribution < -0.4 is 4.74 Å². The molecule has 0 saturated carbocycles. The van der Waals surface area contributed by atoms with Crippen LogP contribution in [-0.2, 0) is 10.5 Å². The lowest BCUT2D eigenvalue weighted by Crippen LogP contribution is -2.52. The molecule has 0 amide bonds. The minimum Gasteiger partial charge on any atom is -0.497 e. The summed E-state index contributed by atoms with van der Waals surface area (Å²) in [7, 11) is 1.63. The van der Waals surface area contributed by atoms with Gasteiger partial charge in [0.1, 0.15) is 5.75 Å². The van der Waals surface area contributed by atoms with Gasteiger partial charge >= 0.3 is 0 Å². The number of hydrogen-bond donors (Lipinski definition) is 1. The maximum Gasteiger partial charge on any atom is 0.212 e. The SMILES string of the molecule is CCN1CCOC(O)(c2ccc(OC)cc2)C1c1ccccc1. The van der Waals surface area contributed by atoms with Crippen LogP contribution in [0, 0.1) is 0 Å². The lowest BCUT2D eigenvalue weighted by Gasteiger charge is -2.46. The molecule has 1 N–H and O–H groups in total. The molecule has 1 saturated heterocycles. The van der Waals surface area contributed by atoms with Crippen LogP contribution in [0.1, 0.15) is 24.1 Å². The molecule has 0 aromatic heterocycles. The van der Waals surface area contributed by atoms with Crippen molar-refractivity contribution in [2.45, 2.75) is 18.8 Å². The normalized spacial score (nSPS) is 25.3. The number of hydrogen-bond acceptors (Lipinski definition) is 4. The topological polar surface area (TPSA) is 41.9 Å². The summed E-state index contributed by atoms with van der Waals surface area (Å²) in [5, 5.41) is 11.4. The van der Waals surface area contributed by atoms with Gasteiger partial charge in [0.15, 0.2) is 0 Å². The molecule has 2 unspecified atom stereocenters. The Hall–Kier alpha value is -1.88. The van der Waals surface area contributed by atoms with Gasteiger partial charge in [-0.25, -0.2) is 0 Å². The van der Waals surface area contributed by atoms with Crippen molar-refractivity contribution >= 4 is 0 Å². The lowest BCUT2D eigenvalue weighted by molar-refractivity contribution is -0.281. The van der Waals surface area contributed by atoms with Gasteiger partial charge in [-0.05, 0) is 36.4 Å². The van der Waals surface area contributed by atoms with E-state index < -0.39 is 5.79 Å². The molecule has 0 aliphatic carbocycles. The average Bonchev–Trinajstić information content (AvgIpc) is 2.62. The minimum atomic E-state index is -1.37. The molecule has 2 aromatic rings. The molecule has 1 aliphatic heterocycles. The number of morpholine rings is 1. The van der Waals surface area contributed by atoms with Crippen LogP contribution >= 0.6 is 0 Å². The summed E-state index contributed by atoms with van der Waals surface area (Å²) in [6.45, 7) is 4.26. The van der Waals surface area contributed by atoms with E-state index in [1.54, 1.807) is 7.11 Å². The van der Waals surface area contributed by atoms with E-state index in [1.165, 1.54) is 0 Å². The molecule has 0 bridgehead atoms. The third-order valence-electron chi connectivity index (χ3n) is 4.46. The minimum absolute atomic E-state index is 0.240. The molecular formula is C19H23NO3. The Morgan fingerprint density at radius 1 is 1.17 bits per heavy atom. The highest BCUT2D eigenvalue weighted by molar-refractivity contribution is 5.33. The third-order valence-corrected chi connectivity index (χ3v) is 4.46. The molecule has 1 heterocycles. The zero-order valence-electron chi connectivity index (χ0n) is 13.6. The molecule has 122 valence electrons. The second-order valence-electron chi connectivity index (χ2n) is 5.72. The van der Waals surface area contributed by atoms with Crippen molar-refractivity contribution in [2.75, 3.05) is 26.8 Å². The molecule has 0 radical (unpaired) electrons. The fourth-order valence-corrected chi connectivity index (χ4v) is 3.26. The van der Waals surface area contributed by atoms with Crippen molar-refractivity contribution in [3.05, 3.63) is 65.7 Å². The fourth-order valence-electron chi connectivity index (χ4n) is 3.26. The van der Waals surface area contributed by atoms with E-state index in [0.717, 1.165) is 30.0 Å². The van der Waals surface area contributed by atoms with E-state index in [9.17, 15) is 5.11 Å².